The molecule has 0 aliphatic rings. The number of rotatable bonds is 5. The Balaban J connectivity index is 1.63. The third-order valence-electron chi connectivity index (χ3n) is 5.16. The number of esters is 1. The van der Waals surface area contributed by atoms with E-state index < -0.39 is 11.9 Å². The lowest BCUT2D eigenvalue weighted by atomic mass is 10.1. The van der Waals surface area contributed by atoms with Gasteiger partial charge >= 0.3 is 5.97 Å². The highest BCUT2D eigenvalue weighted by Crippen LogP contribution is 2.28. The van der Waals surface area contributed by atoms with Crippen LogP contribution in [0.3, 0.4) is 0 Å². The Morgan fingerprint density at radius 1 is 0.971 bits per heavy atom. The molecule has 4 rings (SSSR count). The highest BCUT2D eigenvalue weighted by molar-refractivity contribution is 9.10. The predicted molar refractivity (Wildman–Crippen MR) is 136 cm³/mol. The lowest BCUT2D eigenvalue weighted by molar-refractivity contribution is -0.112. The van der Waals surface area contributed by atoms with Crippen molar-refractivity contribution in [2.75, 3.05) is 5.32 Å². The Morgan fingerprint density at radius 2 is 1.71 bits per heavy atom. The van der Waals surface area contributed by atoms with Gasteiger partial charge in [-0.15, -0.1) is 0 Å². The topological polar surface area (TPSA) is 79.2 Å². The molecule has 6 heteroatoms. The molecule has 0 bridgehead atoms. The zero-order valence-corrected chi connectivity index (χ0v) is 19.8. The Hall–Kier alpha value is -4.21. The summed E-state index contributed by atoms with van der Waals surface area (Å²) in [4.78, 5) is 25.6. The Morgan fingerprint density at radius 3 is 2.47 bits per heavy atom. The third kappa shape index (κ3) is 5.22. The number of ether oxygens (including phenoxy) is 1. The molecule has 0 atom stereocenters. The fourth-order valence-electron chi connectivity index (χ4n) is 3.40. The van der Waals surface area contributed by atoms with Crippen molar-refractivity contribution < 1.29 is 14.3 Å². The summed E-state index contributed by atoms with van der Waals surface area (Å²) >= 11 is 3.39. The first kappa shape index (κ1) is 23.0. The number of nitrogens with one attached hydrogen (secondary N) is 1. The molecule has 0 fully saturated rings. The summed E-state index contributed by atoms with van der Waals surface area (Å²) in [6.45, 7) is 1.93. The third-order valence-corrected chi connectivity index (χ3v) is 5.66. The number of amides is 1. The molecule has 5 nitrogen and oxygen atoms in total. The van der Waals surface area contributed by atoms with Gasteiger partial charge in [0.05, 0.1) is 5.56 Å². The van der Waals surface area contributed by atoms with Gasteiger partial charge in [0.2, 0.25) is 0 Å². The van der Waals surface area contributed by atoms with Crippen LogP contribution in [0, 0.1) is 18.3 Å². The first-order valence-corrected chi connectivity index (χ1v) is 11.2. The summed E-state index contributed by atoms with van der Waals surface area (Å²) < 4.78 is 6.29. The van der Waals surface area contributed by atoms with Crippen LogP contribution in [-0.4, -0.2) is 11.9 Å². The van der Waals surface area contributed by atoms with Gasteiger partial charge in [0.25, 0.3) is 5.91 Å². The predicted octanol–water partition coefficient (Wildman–Crippen LogP) is 6.68. The molecule has 34 heavy (non-hydrogen) atoms. The molecule has 4 aromatic carbocycles. The highest BCUT2D eigenvalue weighted by atomic mass is 79.9. The number of halogens is 1. The molecule has 0 spiro atoms. The number of fused-ring (bicyclic) bond motifs is 1. The Kier molecular flexibility index (Phi) is 6.86. The van der Waals surface area contributed by atoms with Crippen molar-refractivity contribution in [3.63, 3.8) is 0 Å². The van der Waals surface area contributed by atoms with E-state index in [4.69, 9.17) is 4.74 Å². The van der Waals surface area contributed by atoms with Crippen molar-refractivity contribution in [2.24, 2.45) is 0 Å². The molecule has 0 radical (unpaired) electrons. The minimum absolute atomic E-state index is 0.126. The van der Waals surface area contributed by atoms with E-state index in [1.807, 2.05) is 61.5 Å². The van der Waals surface area contributed by atoms with Crippen LogP contribution in [0.1, 0.15) is 21.5 Å². The van der Waals surface area contributed by atoms with Crippen molar-refractivity contribution in [1.82, 2.24) is 0 Å². The largest absolute Gasteiger partial charge is 0.422 e. The van der Waals surface area contributed by atoms with Gasteiger partial charge in [-0.05, 0) is 54.8 Å². The number of carbonyl (C=O) groups excluding carboxylic acids is 2. The Labute approximate surface area is 205 Å². The van der Waals surface area contributed by atoms with E-state index in [0.29, 0.717) is 21.3 Å². The number of carbonyl (C=O) groups is 2. The van der Waals surface area contributed by atoms with E-state index in [1.54, 1.807) is 36.4 Å². The maximum absolute atomic E-state index is 12.9. The molecule has 0 saturated carbocycles. The van der Waals surface area contributed by atoms with Crippen molar-refractivity contribution in [2.45, 2.75) is 6.92 Å². The number of hydrogen-bond donors (Lipinski definition) is 1. The molecule has 4 aromatic rings. The second-order valence-electron chi connectivity index (χ2n) is 7.59. The SMILES string of the molecule is Cc1ccc(C(=O)Oc2ccc(Br)cc2/C=C(\C#N)C(=O)Nc2cccc3ccccc23)cc1. The van der Waals surface area contributed by atoms with E-state index in [1.165, 1.54) is 6.08 Å². The van der Waals surface area contributed by atoms with Gasteiger partial charge in [-0.3, -0.25) is 4.79 Å². The van der Waals surface area contributed by atoms with Crippen LogP contribution in [0.5, 0.6) is 5.75 Å². The first-order chi connectivity index (χ1) is 16.4. The number of nitriles is 1. The lowest BCUT2D eigenvalue weighted by Gasteiger charge is -2.10. The summed E-state index contributed by atoms with van der Waals surface area (Å²) in [7, 11) is 0. The van der Waals surface area contributed by atoms with Crippen molar-refractivity contribution in [1.29, 1.82) is 5.26 Å². The van der Waals surface area contributed by atoms with Gasteiger partial charge < -0.3 is 10.1 Å². The molecule has 0 saturated heterocycles. The molecular formula is C28H19BrN2O3. The second-order valence-corrected chi connectivity index (χ2v) is 8.50. The fraction of sp³-hybridized carbons (Fsp3) is 0.0357. The van der Waals surface area contributed by atoms with E-state index in [-0.39, 0.29) is 11.3 Å². The smallest absolute Gasteiger partial charge is 0.343 e. The Bertz CT molecular complexity index is 1460. The van der Waals surface area contributed by atoms with Gasteiger partial charge in [0.1, 0.15) is 17.4 Å². The molecule has 0 aliphatic heterocycles. The van der Waals surface area contributed by atoms with Crippen molar-refractivity contribution in [3.8, 4) is 11.8 Å². The number of anilines is 1. The molecule has 1 amide bonds. The quantitative estimate of drug-likeness (QED) is 0.140. The van der Waals surface area contributed by atoms with Crippen LogP contribution in [0.2, 0.25) is 0 Å². The summed E-state index contributed by atoms with van der Waals surface area (Å²) in [6.07, 6.45) is 1.41. The molecule has 0 heterocycles. The molecular weight excluding hydrogens is 492 g/mol. The summed E-state index contributed by atoms with van der Waals surface area (Å²) in [5.74, 6) is -0.857. The van der Waals surface area contributed by atoms with Crippen LogP contribution in [0.4, 0.5) is 5.69 Å². The van der Waals surface area contributed by atoms with Crippen LogP contribution in [0.25, 0.3) is 16.8 Å². The molecule has 0 aliphatic carbocycles. The molecule has 0 unspecified atom stereocenters. The van der Waals surface area contributed by atoms with Crippen molar-refractivity contribution >= 4 is 50.3 Å². The fourth-order valence-corrected chi connectivity index (χ4v) is 3.78. The van der Waals surface area contributed by atoms with E-state index in [9.17, 15) is 14.9 Å². The van der Waals surface area contributed by atoms with Gasteiger partial charge in [0.15, 0.2) is 0 Å². The summed E-state index contributed by atoms with van der Waals surface area (Å²) in [6, 6.07) is 27.2. The molecule has 1 N–H and O–H groups in total. The monoisotopic (exact) mass is 510 g/mol. The van der Waals surface area contributed by atoms with Crippen LogP contribution < -0.4 is 10.1 Å². The average Bonchev–Trinajstić information content (AvgIpc) is 2.84. The minimum atomic E-state index is -0.561. The van der Waals surface area contributed by atoms with Crippen molar-refractivity contribution in [3.05, 3.63) is 112 Å². The maximum Gasteiger partial charge on any atom is 0.343 e. The minimum Gasteiger partial charge on any atom is -0.422 e. The summed E-state index contributed by atoms with van der Waals surface area (Å²) in [5.41, 5.74) is 2.32. The second kappa shape index (κ2) is 10.2. The number of nitrogens with zero attached hydrogens (tertiary/aromatic N) is 1. The average molecular weight is 511 g/mol. The highest BCUT2D eigenvalue weighted by Gasteiger charge is 2.15. The zero-order valence-electron chi connectivity index (χ0n) is 18.2. The summed E-state index contributed by atoms with van der Waals surface area (Å²) in [5, 5.41) is 14.3. The number of benzene rings is 4. The molecule has 166 valence electrons. The van der Waals surface area contributed by atoms with Crippen LogP contribution in [0.15, 0.2) is 95.0 Å². The molecule has 0 aromatic heterocycles. The maximum atomic E-state index is 12.9. The van der Waals surface area contributed by atoms with Crippen LogP contribution >= 0.6 is 15.9 Å². The number of hydrogen-bond acceptors (Lipinski definition) is 4. The first-order valence-electron chi connectivity index (χ1n) is 10.4. The lowest BCUT2D eigenvalue weighted by Crippen LogP contribution is -2.14. The van der Waals surface area contributed by atoms with Gasteiger partial charge in [0, 0.05) is 21.1 Å². The standard InChI is InChI=1S/C28H19BrN2O3/c1-18-9-11-20(12-10-18)28(33)34-26-14-13-23(29)16-21(26)15-22(17-30)27(32)31-25-8-4-6-19-5-2-3-7-24(19)25/h2-16H,1H3,(H,31,32)/b22-15+. The zero-order chi connectivity index (χ0) is 24.1. The van der Waals surface area contributed by atoms with Gasteiger partial charge in [-0.1, -0.05) is 70.0 Å². The van der Waals surface area contributed by atoms with E-state index in [0.717, 1.165) is 16.3 Å². The van der Waals surface area contributed by atoms with Gasteiger partial charge in [-0.25, -0.2) is 4.79 Å². The van der Waals surface area contributed by atoms with Gasteiger partial charge in [-0.2, -0.15) is 5.26 Å². The van der Waals surface area contributed by atoms with Crippen LogP contribution in [-0.2, 0) is 4.79 Å². The normalized spacial score (nSPS) is 11.0. The number of aryl methyl sites for hydroxylation is 1. The van der Waals surface area contributed by atoms with E-state index >= 15 is 0 Å². The van der Waals surface area contributed by atoms with E-state index in [2.05, 4.69) is 21.2 Å².